The highest BCUT2D eigenvalue weighted by Gasteiger charge is 2.32. The molecule has 0 saturated carbocycles. The zero-order chi connectivity index (χ0) is 28.2. The second-order valence-electron chi connectivity index (χ2n) is 9.98. The Bertz CT molecular complexity index is 1350. The minimum atomic E-state index is -3.62. The lowest BCUT2D eigenvalue weighted by Gasteiger charge is -2.34. The Hall–Kier alpha value is -2.44. The number of carbonyl (C=O) groups is 1. The lowest BCUT2D eigenvalue weighted by atomic mass is 10.0. The van der Waals surface area contributed by atoms with Crippen molar-refractivity contribution in [3.05, 3.63) is 42.0 Å². The Morgan fingerprint density at radius 3 is 2.38 bits per heavy atom. The van der Waals surface area contributed by atoms with Crippen molar-refractivity contribution in [2.75, 3.05) is 52.8 Å². The number of anilines is 1. The Balaban J connectivity index is 0.00000441. The lowest BCUT2D eigenvalue weighted by Crippen LogP contribution is -2.43. The molecule has 2 aromatic carbocycles. The second kappa shape index (κ2) is 14.0. The Morgan fingerprint density at radius 2 is 1.75 bits per heavy atom. The van der Waals surface area contributed by atoms with E-state index in [4.69, 9.17) is 14.5 Å². The van der Waals surface area contributed by atoms with Gasteiger partial charge in [0.1, 0.15) is 0 Å². The number of sulfonamides is 1. The quantitative estimate of drug-likeness (QED) is 0.291. The van der Waals surface area contributed by atoms with Gasteiger partial charge in [0.2, 0.25) is 10.0 Å². The molecule has 40 heavy (non-hydrogen) atoms. The summed E-state index contributed by atoms with van der Waals surface area (Å²) in [6, 6.07) is 10.0. The SMILES string of the molecule is CCC1CCCCN1S(=O)(=O)c1ccc(C(=O)N(CCCN(C)C)c2nc3cc(OC)c(OC)cc3s2)cc1.Cl. The average Bonchev–Trinajstić information content (AvgIpc) is 3.36. The first-order valence-electron chi connectivity index (χ1n) is 13.3. The molecule has 0 N–H and O–H groups in total. The maximum Gasteiger partial charge on any atom is 0.260 e. The van der Waals surface area contributed by atoms with E-state index in [0.717, 1.165) is 43.3 Å². The van der Waals surface area contributed by atoms with Crippen molar-refractivity contribution in [1.29, 1.82) is 0 Å². The number of thiazole rings is 1. The highest BCUT2D eigenvalue weighted by molar-refractivity contribution is 7.89. The molecule has 1 unspecified atom stereocenters. The van der Waals surface area contributed by atoms with Crippen LogP contribution in [0, 0.1) is 0 Å². The van der Waals surface area contributed by atoms with Gasteiger partial charge < -0.3 is 14.4 Å². The van der Waals surface area contributed by atoms with Gasteiger partial charge in [-0.1, -0.05) is 24.7 Å². The Morgan fingerprint density at radius 1 is 1.07 bits per heavy atom. The first-order valence-corrected chi connectivity index (χ1v) is 15.6. The van der Waals surface area contributed by atoms with E-state index in [2.05, 4.69) is 4.90 Å². The van der Waals surface area contributed by atoms with Crippen LogP contribution < -0.4 is 14.4 Å². The number of ether oxygens (including phenoxy) is 2. The summed E-state index contributed by atoms with van der Waals surface area (Å²) in [5, 5.41) is 0.569. The van der Waals surface area contributed by atoms with E-state index in [1.807, 2.05) is 27.1 Å². The van der Waals surface area contributed by atoms with Crippen LogP contribution in [0.1, 0.15) is 49.4 Å². The number of rotatable bonds is 11. The van der Waals surface area contributed by atoms with Gasteiger partial charge in [-0.15, -0.1) is 12.4 Å². The van der Waals surface area contributed by atoms with Gasteiger partial charge in [-0.3, -0.25) is 9.69 Å². The predicted octanol–water partition coefficient (Wildman–Crippen LogP) is 5.29. The fourth-order valence-electron chi connectivity index (χ4n) is 4.95. The van der Waals surface area contributed by atoms with Crippen LogP contribution in [0.3, 0.4) is 0 Å². The fourth-order valence-corrected chi connectivity index (χ4v) is 7.71. The normalized spacial score (nSPS) is 16.1. The van der Waals surface area contributed by atoms with Crippen molar-refractivity contribution in [2.24, 2.45) is 0 Å². The first kappa shape index (κ1) is 32.1. The van der Waals surface area contributed by atoms with Gasteiger partial charge in [0, 0.05) is 36.8 Å². The average molecular weight is 611 g/mol. The van der Waals surface area contributed by atoms with E-state index in [1.165, 1.54) is 11.3 Å². The molecule has 1 aliphatic heterocycles. The van der Waals surface area contributed by atoms with Crippen LogP contribution in [0.4, 0.5) is 5.13 Å². The molecule has 1 aromatic heterocycles. The molecular formula is C28H39ClN4O5S2. The third-order valence-corrected chi connectivity index (χ3v) is 10.1. The number of fused-ring (bicyclic) bond motifs is 1. The van der Waals surface area contributed by atoms with E-state index < -0.39 is 10.0 Å². The largest absolute Gasteiger partial charge is 0.493 e. The van der Waals surface area contributed by atoms with Gasteiger partial charge in [0.05, 0.1) is 29.3 Å². The minimum absolute atomic E-state index is 0. The second-order valence-corrected chi connectivity index (χ2v) is 12.9. The van der Waals surface area contributed by atoms with Crippen molar-refractivity contribution < 1.29 is 22.7 Å². The third kappa shape index (κ3) is 6.88. The van der Waals surface area contributed by atoms with Crippen molar-refractivity contribution in [3.63, 3.8) is 0 Å². The fraction of sp³-hybridized carbons (Fsp3) is 0.500. The van der Waals surface area contributed by atoms with E-state index in [0.29, 0.717) is 40.8 Å². The smallest absolute Gasteiger partial charge is 0.260 e. The number of benzene rings is 2. The van der Waals surface area contributed by atoms with Crippen molar-refractivity contribution >= 4 is 55.0 Å². The number of hydrogen-bond acceptors (Lipinski definition) is 8. The van der Waals surface area contributed by atoms with Crippen LogP contribution in [-0.2, 0) is 10.0 Å². The monoisotopic (exact) mass is 610 g/mol. The number of nitrogens with zero attached hydrogens (tertiary/aromatic N) is 4. The summed E-state index contributed by atoms with van der Waals surface area (Å²) in [4.78, 5) is 22.5. The summed E-state index contributed by atoms with van der Waals surface area (Å²) in [6.45, 7) is 3.84. The highest BCUT2D eigenvalue weighted by atomic mass is 35.5. The maximum atomic E-state index is 13.8. The van der Waals surface area contributed by atoms with Crippen LogP contribution in [0.15, 0.2) is 41.3 Å². The number of piperidine rings is 1. The minimum Gasteiger partial charge on any atom is -0.493 e. The van der Waals surface area contributed by atoms with Crippen LogP contribution in [-0.4, -0.2) is 82.5 Å². The number of aromatic nitrogens is 1. The number of halogens is 1. The van der Waals surface area contributed by atoms with E-state index in [-0.39, 0.29) is 29.3 Å². The highest BCUT2D eigenvalue weighted by Crippen LogP contribution is 2.38. The molecule has 2 heterocycles. The van der Waals surface area contributed by atoms with Crippen LogP contribution in [0.25, 0.3) is 10.2 Å². The summed E-state index contributed by atoms with van der Waals surface area (Å²) < 4.78 is 40.2. The van der Waals surface area contributed by atoms with Crippen molar-refractivity contribution in [2.45, 2.75) is 50.0 Å². The van der Waals surface area contributed by atoms with Crippen LogP contribution in [0.2, 0.25) is 0 Å². The molecule has 1 fully saturated rings. The van der Waals surface area contributed by atoms with Crippen LogP contribution >= 0.6 is 23.7 Å². The van der Waals surface area contributed by atoms with Gasteiger partial charge in [-0.05, 0) is 70.6 Å². The molecule has 1 atom stereocenters. The lowest BCUT2D eigenvalue weighted by molar-refractivity contribution is 0.0986. The molecule has 0 radical (unpaired) electrons. The van der Waals surface area contributed by atoms with E-state index >= 15 is 0 Å². The molecular weight excluding hydrogens is 572 g/mol. The molecule has 0 spiro atoms. The predicted molar refractivity (Wildman–Crippen MR) is 163 cm³/mol. The first-order chi connectivity index (χ1) is 18.7. The standard InChI is InChI=1S/C28H38N4O5S2.ClH/c1-6-21-10-7-8-17-32(21)39(34,35)22-13-11-20(12-14-22)27(33)31(16-9-15-30(2)3)28-29-23-18-24(36-4)25(37-5)19-26(23)38-28;/h11-14,18-19,21H,6-10,15-17H2,1-5H3;1H. The topological polar surface area (TPSA) is 92.3 Å². The summed E-state index contributed by atoms with van der Waals surface area (Å²) in [5.41, 5.74) is 1.13. The molecule has 0 bridgehead atoms. The zero-order valence-electron chi connectivity index (χ0n) is 23.8. The number of amides is 1. The van der Waals surface area contributed by atoms with Gasteiger partial charge in [0.15, 0.2) is 16.6 Å². The van der Waals surface area contributed by atoms with Crippen LogP contribution in [0.5, 0.6) is 11.5 Å². The molecule has 1 amide bonds. The molecule has 12 heteroatoms. The molecule has 0 aliphatic carbocycles. The maximum absolute atomic E-state index is 13.8. The molecule has 3 aromatic rings. The van der Waals surface area contributed by atoms with Gasteiger partial charge in [0.25, 0.3) is 5.91 Å². The number of methoxy groups -OCH3 is 2. The van der Waals surface area contributed by atoms with Gasteiger partial charge in [-0.25, -0.2) is 13.4 Å². The Kier molecular flexibility index (Phi) is 11.2. The van der Waals surface area contributed by atoms with E-state index in [9.17, 15) is 13.2 Å². The molecule has 4 rings (SSSR count). The molecule has 1 aliphatic rings. The number of hydrogen-bond donors (Lipinski definition) is 0. The molecule has 220 valence electrons. The summed E-state index contributed by atoms with van der Waals surface area (Å²) in [6.07, 6.45) is 4.34. The zero-order valence-corrected chi connectivity index (χ0v) is 26.2. The summed E-state index contributed by atoms with van der Waals surface area (Å²) in [5.74, 6) is 0.949. The number of carbonyl (C=O) groups excluding carboxylic acids is 1. The summed E-state index contributed by atoms with van der Waals surface area (Å²) >= 11 is 1.41. The van der Waals surface area contributed by atoms with Gasteiger partial charge >= 0.3 is 0 Å². The van der Waals surface area contributed by atoms with E-state index in [1.54, 1.807) is 53.8 Å². The van der Waals surface area contributed by atoms with Gasteiger partial charge in [-0.2, -0.15) is 4.31 Å². The molecule has 9 nitrogen and oxygen atoms in total. The third-order valence-electron chi connectivity index (χ3n) is 7.10. The van der Waals surface area contributed by atoms with Crippen molar-refractivity contribution in [3.8, 4) is 11.5 Å². The van der Waals surface area contributed by atoms with Crippen molar-refractivity contribution in [1.82, 2.24) is 14.2 Å². The summed E-state index contributed by atoms with van der Waals surface area (Å²) in [7, 11) is 3.52. The molecule has 1 saturated heterocycles. The Labute approximate surface area is 247 Å².